The standard InChI is InChI=1S/C8H8N4O/c13-5-7-10-8(12-11-7)6-3-1-2-4-9-6/h1-4,13H,5H2,(H,10,11,12). The molecule has 2 N–H and O–H groups in total. The van der Waals surface area contributed by atoms with Crippen molar-refractivity contribution in [3.63, 3.8) is 0 Å². The second kappa shape index (κ2) is 3.32. The highest BCUT2D eigenvalue weighted by atomic mass is 16.3. The first-order valence-corrected chi connectivity index (χ1v) is 3.83. The summed E-state index contributed by atoms with van der Waals surface area (Å²) in [4.78, 5) is 8.09. The Morgan fingerprint density at radius 1 is 1.38 bits per heavy atom. The number of H-pyrrole nitrogens is 1. The average Bonchev–Trinajstić information content (AvgIpc) is 2.67. The van der Waals surface area contributed by atoms with Crippen molar-refractivity contribution in [2.24, 2.45) is 0 Å². The first-order valence-electron chi connectivity index (χ1n) is 3.83. The number of aliphatic hydroxyl groups is 1. The second-order valence-corrected chi connectivity index (χ2v) is 2.48. The van der Waals surface area contributed by atoms with Crippen LogP contribution >= 0.6 is 0 Å². The van der Waals surface area contributed by atoms with E-state index in [-0.39, 0.29) is 6.61 Å². The fourth-order valence-electron chi connectivity index (χ4n) is 0.976. The van der Waals surface area contributed by atoms with Crippen LogP contribution in [-0.4, -0.2) is 25.3 Å². The molecule has 2 aromatic heterocycles. The van der Waals surface area contributed by atoms with Gasteiger partial charge in [0.05, 0.1) is 0 Å². The van der Waals surface area contributed by atoms with Crippen LogP contribution in [0.25, 0.3) is 11.5 Å². The van der Waals surface area contributed by atoms with E-state index in [1.807, 2.05) is 18.2 Å². The largest absolute Gasteiger partial charge is 0.388 e. The summed E-state index contributed by atoms with van der Waals surface area (Å²) in [5.74, 6) is 0.949. The van der Waals surface area contributed by atoms with E-state index in [1.165, 1.54) is 0 Å². The second-order valence-electron chi connectivity index (χ2n) is 2.48. The van der Waals surface area contributed by atoms with Gasteiger partial charge in [0.1, 0.15) is 12.3 Å². The maximum absolute atomic E-state index is 8.74. The molecule has 0 bridgehead atoms. The van der Waals surface area contributed by atoms with Gasteiger partial charge in [-0.25, -0.2) is 4.98 Å². The highest BCUT2D eigenvalue weighted by molar-refractivity contribution is 5.47. The molecule has 0 atom stereocenters. The Balaban J connectivity index is 2.36. The third-order valence-corrected chi connectivity index (χ3v) is 1.58. The minimum absolute atomic E-state index is 0.139. The minimum Gasteiger partial charge on any atom is -0.388 e. The van der Waals surface area contributed by atoms with Gasteiger partial charge < -0.3 is 5.11 Å². The van der Waals surface area contributed by atoms with Gasteiger partial charge in [-0.3, -0.25) is 10.1 Å². The molecular weight excluding hydrogens is 168 g/mol. The lowest BCUT2D eigenvalue weighted by molar-refractivity contribution is 0.272. The summed E-state index contributed by atoms with van der Waals surface area (Å²) >= 11 is 0. The van der Waals surface area contributed by atoms with Gasteiger partial charge in [0.15, 0.2) is 11.6 Å². The molecule has 0 unspecified atom stereocenters. The van der Waals surface area contributed by atoms with Crippen molar-refractivity contribution in [2.45, 2.75) is 6.61 Å². The Kier molecular flexibility index (Phi) is 2.01. The summed E-state index contributed by atoms with van der Waals surface area (Å²) in [6.07, 6.45) is 1.67. The maximum Gasteiger partial charge on any atom is 0.199 e. The van der Waals surface area contributed by atoms with Gasteiger partial charge >= 0.3 is 0 Å². The third kappa shape index (κ3) is 1.54. The zero-order valence-electron chi connectivity index (χ0n) is 6.81. The number of hydrogen-bond donors (Lipinski definition) is 2. The van der Waals surface area contributed by atoms with Crippen molar-refractivity contribution in [3.05, 3.63) is 30.2 Å². The lowest BCUT2D eigenvalue weighted by Crippen LogP contribution is -1.86. The Bertz CT molecular complexity index is 384. The van der Waals surface area contributed by atoms with Crippen molar-refractivity contribution in [2.75, 3.05) is 0 Å². The van der Waals surface area contributed by atoms with E-state index in [1.54, 1.807) is 6.20 Å². The van der Waals surface area contributed by atoms with Crippen molar-refractivity contribution < 1.29 is 5.11 Å². The molecule has 2 aromatic rings. The average molecular weight is 176 g/mol. The zero-order chi connectivity index (χ0) is 9.10. The number of pyridine rings is 1. The highest BCUT2D eigenvalue weighted by Gasteiger charge is 2.04. The Morgan fingerprint density at radius 2 is 2.31 bits per heavy atom. The van der Waals surface area contributed by atoms with E-state index in [2.05, 4.69) is 20.2 Å². The van der Waals surface area contributed by atoms with E-state index < -0.39 is 0 Å². The molecule has 66 valence electrons. The normalized spacial score (nSPS) is 10.2. The highest BCUT2D eigenvalue weighted by Crippen LogP contribution is 2.09. The van der Waals surface area contributed by atoms with Gasteiger partial charge in [-0.15, -0.1) is 0 Å². The first kappa shape index (κ1) is 7.88. The quantitative estimate of drug-likeness (QED) is 0.692. The summed E-state index contributed by atoms with van der Waals surface area (Å²) in [6, 6.07) is 5.49. The fourth-order valence-corrected chi connectivity index (χ4v) is 0.976. The topological polar surface area (TPSA) is 74.7 Å². The zero-order valence-corrected chi connectivity index (χ0v) is 6.81. The van der Waals surface area contributed by atoms with E-state index in [0.717, 1.165) is 0 Å². The molecule has 2 rings (SSSR count). The summed E-state index contributed by atoms with van der Waals surface area (Å²) in [5, 5.41) is 15.2. The van der Waals surface area contributed by atoms with Crippen LogP contribution < -0.4 is 0 Å². The molecule has 0 aliphatic heterocycles. The van der Waals surface area contributed by atoms with Crippen molar-refractivity contribution in [3.8, 4) is 11.5 Å². The van der Waals surface area contributed by atoms with Crippen LogP contribution in [0.1, 0.15) is 5.82 Å². The van der Waals surface area contributed by atoms with Gasteiger partial charge in [0.2, 0.25) is 0 Å². The molecule has 0 saturated carbocycles. The Hall–Kier alpha value is -1.75. The number of aromatic amines is 1. The van der Waals surface area contributed by atoms with Gasteiger partial charge in [0, 0.05) is 6.20 Å². The molecule has 2 heterocycles. The van der Waals surface area contributed by atoms with Crippen LogP contribution in [-0.2, 0) is 6.61 Å². The molecule has 0 aliphatic carbocycles. The SMILES string of the molecule is OCc1nc(-c2ccccn2)n[nH]1. The van der Waals surface area contributed by atoms with Crippen LogP contribution in [0.5, 0.6) is 0 Å². The van der Waals surface area contributed by atoms with E-state index in [0.29, 0.717) is 17.3 Å². The van der Waals surface area contributed by atoms with Crippen LogP contribution in [0.2, 0.25) is 0 Å². The molecule has 0 aliphatic rings. The number of hydrogen-bond acceptors (Lipinski definition) is 4. The monoisotopic (exact) mass is 176 g/mol. The van der Waals surface area contributed by atoms with Gasteiger partial charge in [0.25, 0.3) is 0 Å². The summed E-state index contributed by atoms with van der Waals surface area (Å²) in [7, 11) is 0. The summed E-state index contributed by atoms with van der Waals surface area (Å²) in [5.41, 5.74) is 0.693. The first-order chi connectivity index (χ1) is 6.40. The molecule has 13 heavy (non-hydrogen) atoms. The van der Waals surface area contributed by atoms with Gasteiger partial charge in [-0.1, -0.05) is 6.07 Å². The van der Waals surface area contributed by atoms with Crippen molar-refractivity contribution >= 4 is 0 Å². The number of rotatable bonds is 2. The van der Waals surface area contributed by atoms with E-state index in [4.69, 9.17) is 5.11 Å². The molecule has 0 radical (unpaired) electrons. The molecule has 5 heteroatoms. The number of nitrogens with zero attached hydrogens (tertiary/aromatic N) is 3. The van der Waals surface area contributed by atoms with Gasteiger partial charge in [-0.2, -0.15) is 5.10 Å². The maximum atomic E-state index is 8.74. The van der Waals surface area contributed by atoms with Crippen molar-refractivity contribution in [1.29, 1.82) is 0 Å². The van der Waals surface area contributed by atoms with Crippen LogP contribution in [0.3, 0.4) is 0 Å². The minimum atomic E-state index is -0.139. The molecule has 0 amide bonds. The molecule has 0 aromatic carbocycles. The molecule has 0 fully saturated rings. The van der Waals surface area contributed by atoms with E-state index >= 15 is 0 Å². The molecule has 0 spiro atoms. The fraction of sp³-hybridized carbons (Fsp3) is 0.125. The van der Waals surface area contributed by atoms with Gasteiger partial charge in [-0.05, 0) is 12.1 Å². The van der Waals surface area contributed by atoms with Crippen molar-refractivity contribution in [1.82, 2.24) is 20.2 Å². The third-order valence-electron chi connectivity index (χ3n) is 1.58. The lowest BCUT2D eigenvalue weighted by Gasteiger charge is -1.90. The Morgan fingerprint density at radius 3 is 2.92 bits per heavy atom. The smallest absolute Gasteiger partial charge is 0.199 e. The molecule has 5 nitrogen and oxygen atoms in total. The predicted octanol–water partition coefficient (Wildman–Crippen LogP) is 0.359. The lowest BCUT2D eigenvalue weighted by atomic mass is 10.3. The summed E-state index contributed by atoms with van der Waals surface area (Å²) < 4.78 is 0. The predicted molar refractivity (Wildman–Crippen MR) is 45.5 cm³/mol. The number of nitrogens with one attached hydrogen (secondary N) is 1. The van der Waals surface area contributed by atoms with E-state index in [9.17, 15) is 0 Å². The molecule has 0 saturated heterocycles. The Labute approximate surface area is 74.5 Å². The summed E-state index contributed by atoms with van der Waals surface area (Å²) in [6.45, 7) is -0.139. The van der Waals surface area contributed by atoms with Crippen LogP contribution in [0.4, 0.5) is 0 Å². The van der Waals surface area contributed by atoms with Crippen LogP contribution in [0.15, 0.2) is 24.4 Å². The molecular formula is C8H8N4O. The van der Waals surface area contributed by atoms with Crippen LogP contribution in [0, 0.1) is 0 Å². The number of aliphatic hydroxyl groups excluding tert-OH is 1. The number of aromatic nitrogens is 4.